The van der Waals surface area contributed by atoms with E-state index in [0.717, 1.165) is 25.5 Å². The quantitative estimate of drug-likeness (QED) is 0.615. The van der Waals surface area contributed by atoms with Crippen molar-refractivity contribution in [2.75, 3.05) is 26.4 Å². The molecule has 96 valence electrons. The van der Waals surface area contributed by atoms with E-state index in [0.29, 0.717) is 5.25 Å². The van der Waals surface area contributed by atoms with Crippen LogP contribution in [0.2, 0.25) is 0 Å². The van der Waals surface area contributed by atoms with Crippen LogP contribution in [0.1, 0.15) is 11.8 Å². The zero-order valence-corrected chi connectivity index (χ0v) is 12.3. The molecule has 1 unspecified atom stereocenters. The van der Waals surface area contributed by atoms with Gasteiger partial charge in [0, 0.05) is 30.3 Å². The van der Waals surface area contributed by atoms with Gasteiger partial charge in [-0.15, -0.1) is 11.3 Å². The first-order valence-corrected chi connectivity index (χ1v) is 7.92. The molecule has 5 heteroatoms. The molecule has 0 aliphatic carbocycles. The van der Waals surface area contributed by atoms with Gasteiger partial charge in [0.25, 0.3) is 0 Å². The molecule has 0 aliphatic rings. The van der Waals surface area contributed by atoms with Crippen LogP contribution in [0.15, 0.2) is 22.5 Å². The van der Waals surface area contributed by atoms with Crippen molar-refractivity contribution in [3.63, 3.8) is 0 Å². The van der Waals surface area contributed by atoms with E-state index in [4.69, 9.17) is 0 Å². The summed E-state index contributed by atoms with van der Waals surface area (Å²) in [6.07, 6.45) is 3.18. The standard InChI is InChI=1S/C12H21N3S2/c1-10(16-3)9-15-12(13-2)14-7-6-11-5-4-8-17-11/h4-5,8,10H,6-7,9H2,1-3H3,(H2,13,14,15). The normalized spacial score (nSPS) is 13.5. The van der Waals surface area contributed by atoms with Gasteiger partial charge in [-0.3, -0.25) is 4.99 Å². The van der Waals surface area contributed by atoms with E-state index in [1.54, 1.807) is 11.3 Å². The molecule has 0 aliphatic heterocycles. The van der Waals surface area contributed by atoms with Crippen molar-refractivity contribution in [3.05, 3.63) is 22.4 Å². The van der Waals surface area contributed by atoms with Crippen LogP contribution in [0.3, 0.4) is 0 Å². The molecule has 0 aromatic carbocycles. The lowest BCUT2D eigenvalue weighted by Gasteiger charge is -2.14. The highest BCUT2D eigenvalue weighted by Gasteiger charge is 2.01. The lowest BCUT2D eigenvalue weighted by molar-refractivity contribution is 0.785. The number of hydrogen-bond acceptors (Lipinski definition) is 3. The predicted octanol–water partition coefficient (Wildman–Crippen LogP) is 2.21. The first kappa shape index (κ1) is 14.4. The highest BCUT2D eigenvalue weighted by molar-refractivity contribution is 7.99. The second-order valence-electron chi connectivity index (χ2n) is 3.76. The molecule has 0 saturated carbocycles. The van der Waals surface area contributed by atoms with E-state index in [2.05, 4.69) is 46.3 Å². The number of hydrogen-bond donors (Lipinski definition) is 2. The summed E-state index contributed by atoms with van der Waals surface area (Å²) >= 11 is 3.66. The van der Waals surface area contributed by atoms with Gasteiger partial charge in [-0.25, -0.2) is 0 Å². The third-order valence-electron chi connectivity index (χ3n) is 2.43. The van der Waals surface area contributed by atoms with Gasteiger partial charge in [0.05, 0.1) is 0 Å². The minimum Gasteiger partial charge on any atom is -0.356 e. The molecule has 0 saturated heterocycles. The maximum atomic E-state index is 4.20. The molecule has 0 radical (unpaired) electrons. The van der Waals surface area contributed by atoms with Crippen LogP contribution >= 0.6 is 23.1 Å². The molecule has 0 amide bonds. The van der Waals surface area contributed by atoms with E-state index in [1.165, 1.54) is 4.88 Å². The number of thioether (sulfide) groups is 1. The summed E-state index contributed by atoms with van der Waals surface area (Å²) in [6.45, 7) is 4.07. The molecule has 1 aromatic heterocycles. The maximum Gasteiger partial charge on any atom is 0.191 e. The number of aliphatic imine (C=N–C) groups is 1. The Morgan fingerprint density at radius 2 is 2.35 bits per heavy atom. The largest absolute Gasteiger partial charge is 0.356 e. The molecule has 0 fully saturated rings. The zero-order chi connectivity index (χ0) is 12.5. The van der Waals surface area contributed by atoms with Crippen LogP contribution in [-0.2, 0) is 6.42 Å². The zero-order valence-electron chi connectivity index (χ0n) is 10.7. The molecule has 17 heavy (non-hydrogen) atoms. The molecular weight excluding hydrogens is 250 g/mol. The van der Waals surface area contributed by atoms with Crippen LogP contribution in [0.25, 0.3) is 0 Å². The first-order chi connectivity index (χ1) is 8.26. The van der Waals surface area contributed by atoms with E-state index >= 15 is 0 Å². The minimum atomic E-state index is 0.603. The smallest absolute Gasteiger partial charge is 0.191 e. The summed E-state index contributed by atoms with van der Waals surface area (Å²) in [5.74, 6) is 0.891. The number of thiophene rings is 1. The summed E-state index contributed by atoms with van der Waals surface area (Å²) in [5.41, 5.74) is 0. The molecule has 1 atom stereocenters. The number of nitrogens with one attached hydrogen (secondary N) is 2. The highest BCUT2D eigenvalue weighted by atomic mass is 32.2. The van der Waals surface area contributed by atoms with Crippen molar-refractivity contribution in [1.29, 1.82) is 0 Å². The van der Waals surface area contributed by atoms with E-state index in [1.807, 2.05) is 18.8 Å². The first-order valence-electron chi connectivity index (χ1n) is 5.76. The number of guanidine groups is 1. The van der Waals surface area contributed by atoms with Gasteiger partial charge < -0.3 is 10.6 Å². The monoisotopic (exact) mass is 271 g/mol. The van der Waals surface area contributed by atoms with Crippen LogP contribution in [0.4, 0.5) is 0 Å². The molecule has 0 spiro atoms. The fraction of sp³-hybridized carbons (Fsp3) is 0.583. The van der Waals surface area contributed by atoms with Crippen molar-refractivity contribution >= 4 is 29.1 Å². The van der Waals surface area contributed by atoms with Crippen molar-refractivity contribution in [3.8, 4) is 0 Å². The summed E-state index contributed by atoms with van der Waals surface area (Å²) in [6, 6.07) is 4.26. The second-order valence-corrected chi connectivity index (χ2v) is 6.06. The topological polar surface area (TPSA) is 36.4 Å². The summed E-state index contributed by atoms with van der Waals surface area (Å²) in [4.78, 5) is 5.61. The van der Waals surface area contributed by atoms with E-state index < -0.39 is 0 Å². The Bertz CT molecular complexity index is 323. The molecule has 3 nitrogen and oxygen atoms in total. The Labute approximate surface area is 112 Å². The SMILES string of the molecule is CN=C(NCCc1cccs1)NCC(C)SC. The number of nitrogens with zero attached hydrogens (tertiary/aromatic N) is 1. The summed E-state index contributed by atoms with van der Waals surface area (Å²) in [7, 11) is 1.81. The molecule has 1 aromatic rings. The Hall–Kier alpha value is -0.680. The third kappa shape index (κ3) is 5.98. The minimum absolute atomic E-state index is 0.603. The lowest BCUT2D eigenvalue weighted by Crippen LogP contribution is -2.40. The van der Waals surface area contributed by atoms with Gasteiger partial charge in [-0.05, 0) is 24.1 Å². The summed E-state index contributed by atoms with van der Waals surface area (Å²) in [5, 5.41) is 9.36. The highest BCUT2D eigenvalue weighted by Crippen LogP contribution is 2.08. The van der Waals surface area contributed by atoms with E-state index in [-0.39, 0.29) is 0 Å². The maximum absolute atomic E-state index is 4.20. The van der Waals surface area contributed by atoms with Crippen LogP contribution in [0, 0.1) is 0 Å². The van der Waals surface area contributed by atoms with Gasteiger partial charge in [0.15, 0.2) is 5.96 Å². The molecule has 1 rings (SSSR count). The fourth-order valence-electron chi connectivity index (χ4n) is 1.30. The Balaban J connectivity index is 2.19. The third-order valence-corrected chi connectivity index (χ3v) is 4.33. The summed E-state index contributed by atoms with van der Waals surface area (Å²) < 4.78 is 0. The van der Waals surface area contributed by atoms with Crippen molar-refractivity contribution in [1.82, 2.24) is 10.6 Å². The van der Waals surface area contributed by atoms with Gasteiger partial charge in [0.1, 0.15) is 0 Å². The van der Waals surface area contributed by atoms with Gasteiger partial charge in [-0.2, -0.15) is 11.8 Å². The van der Waals surface area contributed by atoms with Crippen molar-refractivity contribution in [2.45, 2.75) is 18.6 Å². The molecular formula is C12H21N3S2. The Morgan fingerprint density at radius 1 is 1.53 bits per heavy atom. The van der Waals surface area contributed by atoms with Crippen LogP contribution < -0.4 is 10.6 Å². The molecule has 0 bridgehead atoms. The Kier molecular flexibility index (Phi) is 7.12. The van der Waals surface area contributed by atoms with Gasteiger partial charge >= 0.3 is 0 Å². The Morgan fingerprint density at radius 3 is 2.94 bits per heavy atom. The van der Waals surface area contributed by atoms with Crippen LogP contribution in [-0.4, -0.2) is 37.6 Å². The second kappa shape index (κ2) is 8.42. The molecule has 2 N–H and O–H groups in total. The van der Waals surface area contributed by atoms with Crippen LogP contribution in [0.5, 0.6) is 0 Å². The lowest BCUT2D eigenvalue weighted by atomic mass is 10.3. The van der Waals surface area contributed by atoms with Crippen molar-refractivity contribution < 1.29 is 0 Å². The predicted molar refractivity (Wildman–Crippen MR) is 80.4 cm³/mol. The van der Waals surface area contributed by atoms with Crippen molar-refractivity contribution in [2.24, 2.45) is 4.99 Å². The molecule has 1 heterocycles. The van der Waals surface area contributed by atoms with Gasteiger partial charge in [-0.1, -0.05) is 13.0 Å². The average Bonchev–Trinajstić information content (AvgIpc) is 2.86. The average molecular weight is 271 g/mol. The number of rotatable bonds is 6. The fourth-order valence-corrected chi connectivity index (χ4v) is 2.26. The van der Waals surface area contributed by atoms with E-state index in [9.17, 15) is 0 Å². The van der Waals surface area contributed by atoms with Gasteiger partial charge in [0.2, 0.25) is 0 Å².